The molecule has 0 bridgehead atoms. The number of halogens is 5. The van der Waals surface area contributed by atoms with Crippen molar-refractivity contribution in [2.45, 2.75) is 29.8 Å². The van der Waals surface area contributed by atoms with Gasteiger partial charge in [-0.1, -0.05) is 5.92 Å². The van der Waals surface area contributed by atoms with Crippen molar-refractivity contribution < 1.29 is 34.9 Å². The summed E-state index contributed by atoms with van der Waals surface area (Å²) in [6.07, 6.45) is 4.15. The van der Waals surface area contributed by atoms with Crippen LogP contribution in [0.4, 0.5) is 22.0 Å². The lowest BCUT2D eigenvalue weighted by Crippen LogP contribution is -2.57. The van der Waals surface area contributed by atoms with Gasteiger partial charge in [-0.3, -0.25) is 4.55 Å². The molecule has 0 saturated heterocycles. The summed E-state index contributed by atoms with van der Waals surface area (Å²) in [5.74, 6) is -0.479. The molecule has 17 heavy (non-hydrogen) atoms. The van der Waals surface area contributed by atoms with E-state index >= 15 is 0 Å². The topological polar surface area (TPSA) is 80.4 Å². The van der Waals surface area contributed by atoms with E-state index in [4.69, 9.17) is 25.1 Å². The first-order valence-electron chi connectivity index (χ1n) is 3.91. The highest BCUT2D eigenvalue weighted by molar-refractivity contribution is 7.86. The third-order valence-corrected chi connectivity index (χ3v) is 2.31. The highest BCUT2D eigenvalue weighted by Gasteiger charge is 2.53. The third-order valence-electron chi connectivity index (χ3n) is 1.73. The largest absolute Gasteiger partial charge is 0.522 e. The van der Waals surface area contributed by atoms with Crippen LogP contribution >= 0.6 is 0 Å². The fraction of sp³-hybridized carbons (Fsp3) is 0.714. The molecular formula is C7H8F5NO3S. The minimum Gasteiger partial charge on any atom is -0.315 e. The van der Waals surface area contributed by atoms with Gasteiger partial charge in [0.25, 0.3) is 5.92 Å². The zero-order valence-corrected chi connectivity index (χ0v) is 8.95. The van der Waals surface area contributed by atoms with Gasteiger partial charge in [0.15, 0.2) is 0 Å². The molecule has 1 fully saturated rings. The summed E-state index contributed by atoms with van der Waals surface area (Å²) in [5, 5.41) is 0. The number of hydrogen-bond donors (Lipinski definition) is 2. The molecule has 0 heterocycles. The summed E-state index contributed by atoms with van der Waals surface area (Å²) in [6.45, 7) is 0. The number of nitrogens with two attached hydrogens (primary N) is 1. The maximum atomic E-state index is 12.0. The van der Waals surface area contributed by atoms with Crippen molar-refractivity contribution >= 4 is 10.1 Å². The Bertz CT molecular complexity index is 414. The van der Waals surface area contributed by atoms with E-state index in [0.29, 0.717) is 0 Å². The van der Waals surface area contributed by atoms with E-state index in [-0.39, 0.29) is 12.8 Å². The van der Waals surface area contributed by atoms with Crippen molar-refractivity contribution in [2.24, 2.45) is 5.73 Å². The van der Waals surface area contributed by atoms with Crippen LogP contribution in [0.15, 0.2) is 0 Å². The van der Waals surface area contributed by atoms with E-state index in [1.165, 1.54) is 0 Å². The van der Waals surface area contributed by atoms with Gasteiger partial charge in [0, 0.05) is 12.8 Å². The van der Waals surface area contributed by atoms with Crippen LogP contribution in [0.1, 0.15) is 12.8 Å². The van der Waals surface area contributed by atoms with Gasteiger partial charge in [-0.05, 0) is 0 Å². The monoisotopic (exact) mass is 281 g/mol. The van der Waals surface area contributed by atoms with Crippen LogP contribution in [0.2, 0.25) is 0 Å². The molecule has 3 N–H and O–H groups in total. The van der Waals surface area contributed by atoms with Gasteiger partial charge < -0.3 is 5.73 Å². The predicted molar refractivity (Wildman–Crippen MR) is 47.5 cm³/mol. The van der Waals surface area contributed by atoms with Crippen LogP contribution in [0.5, 0.6) is 0 Å². The zero-order chi connectivity index (χ0) is 14.1. The third kappa shape index (κ3) is 4.84. The number of terminal acetylenes is 1. The highest BCUT2D eigenvalue weighted by Crippen LogP contribution is 2.43. The standard InChI is InChI=1S/C6H7F2N.CHF3O3S/c1-2-5(9)3-6(7,8)4-5;2-1(3,4)8(5,6)7/h1H,3-4,9H2;(H,5,6,7). The Morgan fingerprint density at radius 1 is 1.29 bits per heavy atom. The van der Waals surface area contributed by atoms with Crippen LogP contribution in [0.3, 0.4) is 0 Å². The van der Waals surface area contributed by atoms with Gasteiger partial charge in [0.2, 0.25) is 0 Å². The van der Waals surface area contributed by atoms with Gasteiger partial charge in [0.05, 0.1) is 5.54 Å². The lowest BCUT2D eigenvalue weighted by atomic mass is 9.75. The van der Waals surface area contributed by atoms with Crippen molar-refractivity contribution in [1.29, 1.82) is 0 Å². The lowest BCUT2D eigenvalue weighted by molar-refractivity contribution is -0.104. The van der Waals surface area contributed by atoms with E-state index in [9.17, 15) is 22.0 Å². The fourth-order valence-corrected chi connectivity index (χ4v) is 0.973. The fourth-order valence-electron chi connectivity index (χ4n) is 0.973. The minimum atomic E-state index is -5.84. The average Bonchev–Trinajstić information content (AvgIpc) is 1.97. The molecule has 1 saturated carbocycles. The normalized spacial score (nSPS) is 21.5. The van der Waals surface area contributed by atoms with Crippen molar-refractivity contribution in [3.8, 4) is 12.3 Å². The van der Waals surface area contributed by atoms with Gasteiger partial charge in [-0.25, -0.2) is 8.78 Å². The molecule has 10 heteroatoms. The van der Waals surface area contributed by atoms with Crippen molar-refractivity contribution in [2.75, 3.05) is 0 Å². The van der Waals surface area contributed by atoms with Gasteiger partial charge in [-0.2, -0.15) is 21.6 Å². The average molecular weight is 281 g/mol. The Balaban J connectivity index is 0.000000304. The van der Waals surface area contributed by atoms with E-state index in [0.717, 1.165) is 0 Å². The Hall–Kier alpha value is -0.920. The molecule has 0 aromatic heterocycles. The number of hydrogen-bond acceptors (Lipinski definition) is 3. The van der Waals surface area contributed by atoms with E-state index in [1.807, 2.05) is 0 Å². The number of alkyl halides is 5. The zero-order valence-electron chi connectivity index (χ0n) is 8.13. The summed E-state index contributed by atoms with van der Waals surface area (Å²) in [5.41, 5.74) is -1.30. The van der Waals surface area contributed by atoms with Crippen LogP contribution in [-0.2, 0) is 10.1 Å². The first-order chi connectivity index (χ1) is 7.22. The van der Waals surface area contributed by atoms with Crippen molar-refractivity contribution in [1.82, 2.24) is 0 Å². The van der Waals surface area contributed by atoms with Crippen LogP contribution < -0.4 is 5.73 Å². The second-order valence-electron chi connectivity index (χ2n) is 3.43. The Morgan fingerprint density at radius 2 is 1.59 bits per heavy atom. The van der Waals surface area contributed by atoms with E-state index in [2.05, 4.69) is 5.92 Å². The van der Waals surface area contributed by atoms with Crippen LogP contribution in [0, 0.1) is 12.3 Å². The highest BCUT2D eigenvalue weighted by atomic mass is 32.2. The molecule has 100 valence electrons. The van der Waals surface area contributed by atoms with Crippen LogP contribution in [-0.4, -0.2) is 29.9 Å². The first kappa shape index (κ1) is 16.1. The van der Waals surface area contributed by atoms with Crippen LogP contribution in [0.25, 0.3) is 0 Å². The second-order valence-corrected chi connectivity index (χ2v) is 4.84. The SMILES string of the molecule is C#CC1(N)CC(F)(F)C1.O=S(=O)(O)C(F)(F)F. The number of rotatable bonds is 0. The maximum absolute atomic E-state index is 12.0. The Labute approximate surface area is 93.7 Å². The summed E-state index contributed by atoms with van der Waals surface area (Å²) in [6, 6.07) is 0. The molecule has 0 unspecified atom stereocenters. The molecule has 1 aliphatic rings. The first-order valence-corrected chi connectivity index (χ1v) is 5.35. The Kier molecular flexibility index (Phi) is 4.16. The summed E-state index contributed by atoms with van der Waals surface area (Å²) < 4.78 is 81.6. The molecule has 0 spiro atoms. The smallest absolute Gasteiger partial charge is 0.315 e. The van der Waals surface area contributed by atoms with Gasteiger partial charge >= 0.3 is 15.6 Å². The van der Waals surface area contributed by atoms with Crippen molar-refractivity contribution in [3.63, 3.8) is 0 Å². The predicted octanol–water partition coefficient (Wildman–Crippen LogP) is 1.14. The summed E-state index contributed by atoms with van der Waals surface area (Å²) >= 11 is 0. The molecule has 1 aliphatic carbocycles. The molecule has 0 aliphatic heterocycles. The minimum absolute atomic E-state index is 0.365. The lowest BCUT2D eigenvalue weighted by Gasteiger charge is -2.40. The summed E-state index contributed by atoms with van der Waals surface area (Å²) in [7, 11) is -5.84. The van der Waals surface area contributed by atoms with Gasteiger partial charge in [-0.15, -0.1) is 6.42 Å². The molecule has 0 radical (unpaired) electrons. The van der Waals surface area contributed by atoms with Crippen molar-refractivity contribution in [3.05, 3.63) is 0 Å². The van der Waals surface area contributed by atoms with E-state index in [1.54, 1.807) is 0 Å². The molecule has 0 atom stereocenters. The molecule has 0 aromatic rings. The van der Waals surface area contributed by atoms with Gasteiger partial charge in [0.1, 0.15) is 0 Å². The molecule has 4 nitrogen and oxygen atoms in total. The molecular weight excluding hydrogens is 273 g/mol. The molecule has 0 amide bonds. The second kappa shape index (κ2) is 4.40. The van der Waals surface area contributed by atoms with E-state index < -0.39 is 27.1 Å². The summed E-state index contributed by atoms with van der Waals surface area (Å²) in [4.78, 5) is 0. The maximum Gasteiger partial charge on any atom is 0.522 e. The molecule has 1 rings (SSSR count). The Morgan fingerprint density at radius 3 is 1.65 bits per heavy atom. The molecule has 0 aromatic carbocycles. The quantitative estimate of drug-likeness (QED) is 0.302.